The van der Waals surface area contributed by atoms with E-state index in [0.29, 0.717) is 24.5 Å². The molecule has 1 aromatic rings. The highest BCUT2D eigenvalue weighted by atomic mass is 32.1. The summed E-state index contributed by atoms with van der Waals surface area (Å²) in [7, 11) is 0. The van der Waals surface area contributed by atoms with Crippen LogP contribution < -0.4 is 11.1 Å². The second-order valence-electron chi connectivity index (χ2n) is 5.70. The first kappa shape index (κ1) is 15.0. The maximum absolute atomic E-state index is 12.3. The van der Waals surface area contributed by atoms with Crippen LogP contribution in [0, 0.1) is 5.41 Å². The van der Waals surface area contributed by atoms with Crippen LogP contribution in [0.3, 0.4) is 0 Å². The van der Waals surface area contributed by atoms with Gasteiger partial charge in [0.2, 0.25) is 5.91 Å². The highest BCUT2D eigenvalue weighted by Gasteiger charge is 2.36. The van der Waals surface area contributed by atoms with Crippen LogP contribution in [0.1, 0.15) is 29.9 Å². The largest absolute Gasteiger partial charge is 0.340 e. The molecule has 0 saturated carbocycles. The molecule has 110 valence electrons. The molecule has 1 saturated heterocycles. The zero-order valence-electron chi connectivity index (χ0n) is 11.9. The minimum Gasteiger partial charge on any atom is -0.340 e. The quantitative estimate of drug-likeness (QED) is 0.872. The summed E-state index contributed by atoms with van der Waals surface area (Å²) in [5.41, 5.74) is 5.75. The van der Waals surface area contributed by atoms with Crippen molar-refractivity contribution < 1.29 is 9.59 Å². The average Bonchev–Trinajstić information content (AvgIpc) is 3.07. The van der Waals surface area contributed by atoms with Crippen LogP contribution in [0.2, 0.25) is 0 Å². The van der Waals surface area contributed by atoms with E-state index in [1.807, 2.05) is 11.4 Å². The van der Waals surface area contributed by atoms with Gasteiger partial charge in [-0.15, -0.1) is 11.3 Å². The molecule has 0 bridgehead atoms. The lowest BCUT2D eigenvalue weighted by molar-refractivity contribution is -0.132. The molecule has 6 heteroatoms. The number of thiophene rings is 1. The van der Waals surface area contributed by atoms with E-state index < -0.39 is 6.04 Å². The molecule has 0 spiro atoms. The molecular weight excluding hydrogens is 274 g/mol. The lowest BCUT2D eigenvalue weighted by Gasteiger charge is -2.25. The summed E-state index contributed by atoms with van der Waals surface area (Å²) in [6, 6.07) is 3.06. The first-order valence-corrected chi connectivity index (χ1v) is 7.66. The van der Waals surface area contributed by atoms with Gasteiger partial charge in [0.15, 0.2) is 0 Å². The van der Waals surface area contributed by atoms with E-state index in [1.54, 1.807) is 17.9 Å². The summed E-state index contributed by atoms with van der Waals surface area (Å²) in [4.78, 5) is 26.7. The van der Waals surface area contributed by atoms with Gasteiger partial charge in [0.1, 0.15) is 6.04 Å². The van der Waals surface area contributed by atoms with Gasteiger partial charge in [0, 0.05) is 13.1 Å². The first-order valence-electron chi connectivity index (χ1n) is 6.78. The zero-order valence-corrected chi connectivity index (χ0v) is 12.7. The van der Waals surface area contributed by atoms with Crippen molar-refractivity contribution >= 4 is 23.2 Å². The lowest BCUT2D eigenvalue weighted by Crippen LogP contribution is -2.46. The Hall–Kier alpha value is -1.40. The normalized spacial score (nSPS) is 23.6. The van der Waals surface area contributed by atoms with Gasteiger partial charge in [-0.1, -0.05) is 13.0 Å². The monoisotopic (exact) mass is 295 g/mol. The number of nitrogens with two attached hydrogens (primary N) is 1. The van der Waals surface area contributed by atoms with Gasteiger partial charge in [0.05, 0.1) is 4.88 Å². The number of nitrogens with zero attached hydrogens (tertiary/aromatic N) is 1. The molecule has 0 aliphatic carbocycles. The number of hydrogen-bond acceptors (Lipinski definition) is 4. The molecule has 2 rings (SSSR count). The summed E-state index contributed by atoms with van der Waals surface area (Å²) in [6.07, 6.45) is 0.917. The van der Waals surface area contributed by atoms with E-state index in [1.165, 1.54) is 11.3 Å². The second kappa shape index (κ2) is 5.93. The van der Waals surface area contributed by atoms with E-state index in [-0.39, 0.29) is 17.2 Å². The fourth-order valence-electron chi connectivity index (χ4n) is 2.39. The molecular formula is C14H21N3O2S. The Labute approximate surface area is 123 Å². The molecule has 20 heavy (non-hydrogen) atoms. The molecule has 2 amide bonds. The van der Waals surface area contributed by atoms with E-state index in [4.69, 9.17) is 5.73 Å². The Bertz CT molecular complexity index is 489. The number of amides is 2. The number of carbonyl (C=O) groups excluding carboxylic acids is 2. The van der Waals surface area contributed by atoms with Gasteiger partial charge < -0.3 is 16.0 Å². The van der Waals surface area contributed by atoms with Crippen LogP contribution in [0.15, 0.2) is 17.5 Å². The van der Waals surface area contributed by atoms with Crippen LogP contribution in [-0.2, 0) is 4.79 Å². The van der Waals surface area contributed by atoms with Crippen molar-refractivity contribution in [2.75, 3.05) is 19.6 Å². The third kappa shape index (κ3) is 3.19. The van der Waals surface area contributed by atoms with Gasteiger partial charge in [-0.05, 0) is 36.8 Å². The molecule has 0 aromatic carbocycles. The Morgan fingerprint density at radius 3 is 2.90 bits per heavy atom. The lowest BCUT2D eigenvalue weighted by atomic mass is 9.90. The second-order valence-corrected chi connectivity index (χ2v) is 6.64. The molecule has 1 aliphatic rings. The Kier molecular flexibility index (Phi) is 4.45. The third-order valence-electron chi connectivity index (χ3n) is 3.83. The minimum absolute atomic E-state index is 0.00708. The summed E-state index contributed by atoms with van der Waals surface area (Å²) in [5, 5.41) is 4.60. The van der Waals surface area contributed by atoms with Crippen molar-refractivity contribution in [3.63, 3.8) is 0 Å². The summed E-state index contributed by atoms with van der Waals surface area (Å²) >= 11 is 1.37. The molecule has 2 atom stereocenters. The standard InChI is InChI=1S/C14H21N3O2S/c1-10(16-12(18)11-4-3-7-20-11)13(19)17-6-5-14(2,8-15)9-17/h3-4,7,10H,5-6,8-9,15H2,1-2H3,(H,16,18). The van der Waals surface area contributed by atoms with Gasteiger partial charge in [0.25, 0.3) is 5.91 Å². The van der Waals surface area contributed by atoms with Crippen LogP contribution >= 0.6 is 11.3 Å². The van der Waals surface area contributed by atoms with Gasteiger partial charge in [-0.3, -0.25) is 9.59 Å². The molecule has 3 N–H and O–H groups in total. The Balaban J connectivity index is 1.91. The molecule has 0 radical (unpaired) electrons. The van der Waals surface area contributed by atoms with Crippen LogP contribution in [-0.4, -0.2) is 42.4 Å². The average molecular weight is 295 g/mol. The minimum atomic E-state index is -0.510. The number of nitrogens with one attached hydrogen (secondary N) is 1. The van der Waals surface area contributed by atoms with Crippen molar-refractivity contribution in [3.8, 4) is 0 Å². The van der Waals surface area contributed by atoms with Crippen molar-refractivity contribution in [3.05, 3.63) is 22.4 Å². The highest BCUT2D eigenvalue weighted by Crippen LogP contribution is 2.28. The SMILES string of the molecule is CC(NC(=O)c1cccs1)C(=O)N1CCC(C)(CN)C1. The number of rotatable bonds is 4. The smallest absolute Gasteiger partial charge is 0.261 e. The Morgan fingerprint density at radius 1 is 1.60 bits per heavy atom. The molecule has 5 nitrogen and oxygen atoms in total. The molecule has 1 aromatic heterocycles. The van der Waals surface area contributed by atoms with Crippen LogP contribution in [0.4, 0.5) is 0 Å². The fraction of sp³-hybridized carbons (Fsp3) is 0.571. The van der Waals surface area contributed by atoms with Gasteiger partial charge in [-0.2, -0.15) is 0 Å². The first-order chi connectivity index (χ1) is 9.45. The topological polar surface area (TPSA) is 75.4 Å². The maximum atomic E-state index is 12.3. The van der Waals surface area contributed by atoms with E-state index in [2.05, 4.69) is 12.2 Å². The molecule has 2 unspecified atom stereocenters. The van der Waals surface area contributed by atoms with Crippen molar-refractivity contribution in [1.29, 1.82) is 0 Å². The number of likely N-dealkylation sites (tertiary alicyclic amines) is 1. The predicted octanol–water partition coefficient (Wildman–Crippen LogP) is 1.06. The predicted molar refractivity (Wildman–Crippen MR) is 79.6 cm³/mol. The Morgan fingerprint density at radius 2 is 2.35 bits per heavy atom. The summed E-state index contributed by atoms with van der Waals surface area (Å²) in [6.45, 7) is 5.78. The third-order valence-corrected chi connectivity index (χ3v) is 4.69. The number of hydrogen-bond donors (Lipinski definition) is 2. The summed E-state index contributed by atoms with van der Waals surface area (Å²) in [5.74, 6) is -0.228. The van der Waals surface area contributed by atoms with E-state index in [9.17, 15) is 9.59 Å². The molecule has 1 aliphatic heterocycles. The van der Waals surface area contributed by atoms with Gasteiger partial charge >= 0.3 is 0 Å². The van der Waals surface area contributed by atoms with Gasteiger partial charge in [-0.25, -0.2) is 0 Å². The molecule has 1 fully saturated rings. The summed E-state index contributed by atoms with van der Waals surface area (Å²) < 4.78 is 0. The van der Waals surface area contributed by atoms with Crippen molar-refractivity contribution in [2.45, 2.75) is 26.3 Å². The molecule has 2 heterocycles. The van der Waals surface area contributed by atoms with Crippen LogP contribution in [0.5, 0.6) is 0 Å². The highest BCUT2D eigenvalue weighted by molar-refractivity contribution is 7.12. The van der Waals surface area contributed by atoms with E-state index >= 15 is 0 Å². The number of carbonyl (C=O) groups is 2. The van der Waals surface area contributed by atoms with Crippen LogP contribution in [0.25, 0.3) is 0 Å². The maximum Gasteiger partial charge on any atom is 0.261 e. The van der Waals surface area contributed by atoms with Crippen molar-refractivity contribution in [2.24, 2.45) is 11.1 Å². The zero-order chi connectivity index (χ0) is 14.8. The van der Waals surface area contributed by atoms with Crippen molar-refractivity contribution in [1.82, 2.24) is 10.2 Å². The van der Waals surface area contributed by atoms with E-state index in [0.717, 1.165) is 6.42 Å². The fourth-order valence-corrected chi connectivity index (χ4v) is 3.02.